The average Bonchev–Trinajstić information content (AvgIpc) is 3.41. The lowest BCUT2D eigenvalue weighted by molar-refractivity contribution is -0.141. The molecule has 1 unspecified atom stereocenters. The second kappa shape index (κ2) is 12.3. The van der Waals surface area contributed by atoms with Crippen LogP contribution in [0.25, 0.3) is 5.69 Å². The van der Waals surface area contributed by atoms with Crippen LogP contribution in [-0.2, 0) is 23.6 Å². The largest absolute Gasteiger partial charge is 0.435 e. The monoisotopic (exact) mass is 597 g/mol. The van der Waals surface area contributed by atoms with E-state index in [0.29, 0.717) is 11.6 Å². The third-order valence-electron chi connectivity index (χ3n) is 6.18. The molecule has 0 aliphatic rings. The number of hydrogen-bond acceptors (Lipinski definition) is 4. The number of halogens is 4. The molecular weight excluding hydrogens is 570 g/mol. The van der Waals surface area contributed by atoms with Crippen molar-refractivity contribution < 1.29 is 26.6 Å². The first kappa shape index (κ1) is 30.6. The summed E-state index contributed by atoms with van der Waals surface area (Å²) in [6, 6.07) is 20.9. The minimum atomic E-state index is -4.86. The number of nitrogens with one attached hydrogen (secondary N) is 2. The van der Waals surface area contributed by atoms with Gasteiger partial charge in [0.2, 0.25) is 0 Å². The Morgan fingerprint density at radius 1 is 1.02 bits per heavy atom. The molecule has 0 aliphatic carbocycles. The van der Waals surface area contributed by atoms with Crippen LogP contribution < -0.4 is 10.0 Å². The lowest BCUT2D eigenvalue weighted by Gasteiger charge is -2.25. The Balaban J connectivity index is 1.66. The number of nitrogens with zero attached hydrogens (tertiary/aromatic N) is 3. The van der Waals surface area contributed by atoms with Crippen LogP contribution >= 0.6 is 0 Å². The van der Waals surface area contributed by atoms with Crippen molar-refractivity contribution in [2.45, 2.75) is 44.2 Å². The summed E-state index contributed by atoms with van der Waals surface area (Å²) < 4.78 is 71.7. The molecule has 4 aromatic rings. The Kier molecular flexibility index (Phi) is 8.94. The van der Waals surface area contributed by atoms with Crippen molar-refractivity contribution >= 4 is 22.6 Å². The number of hydrogen-bond donors (Lipinski definition) is 2. The summed E-state index contributed by atoms with van der Waals surface area (Å²) in [4.78, 5) is 13.2. The van der Waals surface area contributed by atoms with Crippen LogP contribution in [0.1, 0.15) is 59.7 Å². The summed E-state index contributed by atoms with van der Waals surface area (Å²) in [6.07, 6.45) is -4.59. The Morgan fingerprint density at radius 3 is 2.38 bits per heavy atom. The summed E-state index contributed by atoms with van der Waals surface area (Å²) >= 11 is 0. The molecule has 0 saturated carbocycles. The van der Waals surface area contributed by atoms with Crippen LogP contribution in [-0.4, -0.2) is 24.6 Å². The third kappa shape index (κ3) is 7.29. The van der Waals surface area contributed by atoms with Gasteiger partial charge in [-0.3, -0.25) is 4.79 Å². The lowest BCUT2D eigenvalue weighted by Crippen LogP contribution is -2.36. The Morgan fingerprint density at radius 2 is 1.74 bits per heavy atom. The normalized spacial score (nSPS) is 13.3. The fourth-order valence-corrected chi connectivity index (χ4v) is 4.85. The summed E-state index contributed by atoms with van der Waals surface area (Å²) in [5, 5.41) is 15.1. The molecule has 2 atom stereocenters. The molecule has 2 N–H and O–H groups in total. The molecule has 0 saturated heterocycles. The van der Waals surface area contributed by atoms with E-state index in [0.717, 1.165) is 16.3 Å². The minimum absolute atomic E-state index is 0.0487. The molecule has 0 fully saturated rings. The maximum Gasteiger partial charge on any atom is 0.435 e. The van der Waals surface area contributed by atoms with Gasteiger partial charge in [0.1, 0.15) is 11.5 Å². The van der Waals surface area contributed by atoms with Gasteiger partial charge in [-0.1, -0.05) is 42.5 Å². The van der Waals surface area contributed by atoms with Gasteiger partial charge < -0.3 is 5.32 Å². The van der Waals surface area contributed by atoms with Gasteiger partial charge in [-0.15, -0.1) is 0 Å². The maximum atomic E-state index is 14.9. The molecule has 12 heteroatoms. The first-order chi connectivity index (χ1) is 19.8. The van der Waals surface area contributed by atoms with Gasteiger partial charge in [0.15, 0.2) is 5.69 Å². The number of benzene rings is 3. The Bertz CT molecular complexity index is 1660. The van der Waals surface area contributed by atoms with Crippen molar-refractivity contribution in [1.82, 2.24) is 14.5 Å². The summed E-state index contributed by atoms with van der Waals surface area (Å²) in [5.41, 5.74) is -0.477. The van der Waals surface area contributed by atoms with E-state index >= 15 is 0 Å². The zero-order chi connectivity index (χ0) is 30.7. The third-order valence-corrected chi connectivity index (χ3v) is 7.79. The molecule has 7 nitrogen and oxygen atoms in total. The molecule has 0 radical (unpaired) electrons. The van der Waals surface area contributed by atoms with Crippen molar-refractivity contribution in [3.63, 3.8) is 0 Å². The smallest absolute Gasteiger partial charge is 0.318 e. The van der Waals surface area contributed by atoms with E-state index < -0.39 is 51.1 Å². The summed E-state index contributed by atoms with van der Waals surface area (Å²) in [6.45, 7) is 5.49. The Labute approximate surface area is 242 Å². The van der Waals surface area contributed by atoms with E-state index in [2.05, 4.69) is 15.1 Å². The number of anilines is 1. The van der Waals surface area contributed by atoms with E-state index in [-0.39, 0.29) is 23.4 Å². The van der Waals surface area contributed by atoms with E-state index in [9.17, 15) is 31.8 Å². The molecule has 4 rings (SSSR count). The molecule has 3 aromatic carbocycles. The number of aromatic nitrogens is 2. The molecule has 1 amide bonds. The second-order valence-corrected chi connectivity index (χ2v) is 12.4. The number of carbonyl (C=O) groups excluding carboxylic acids is 1. The van der Waals surface area contributed by atoms with Gasteiger partial charge in [-0.25, -0.2) is 18.0 Å². The maximum absolute atomic E-state index is 14.9. The molecule has 1 heterocycles. The summed E-state index contributed by atoms with van der Waals surface area (Å²) in [5.74, 6) is -1.84. The molecule has 218 valence electrons. The van der Waals surface area contributed by atoms with Gasteiger partial charge in [-0.2, -0.15) is 23.5 Å². The van der Waals surface area contributed by atoms with Gasteiger partial charge in [0.25, 0.3) is 5.91 Å². The van der Waals surface area contributed by atoms with Crippen molar-refractivity contribution in [3.8, 4) is 11.8 Å². The van der Waals surface area contributed by atoms with Gasteiger partial charge in [0, 0.05) is 12.1 Å². The zero-order valence-electron chi connectivity index (χ0n) is 22.9. The second-order valence-electron chi connectivity index (χ2n) is 10.4. The topological polar surface area (TPSA) is 99.8 Å². The van der Waals surface area contributed by atoms with E-state index in [1.54, 1.807) is 0 Å². The minimum Gasteiger partial charge on any atom is -0.318 e. The first-order valence-corrected chi connectivity index (χ1v) is 13.9. The van der Waals surface area contributed by atoms with E-state index in [1.165, 1.54) is 36.4 Å². The molecule has 0 spiro atoms. The van der Waals surface area contributed by atoms with Crippen LogP contribution in [0.15, 0.2) is 78.9 Å². The van der Waals surface area contributed by atoms with Crippen molar-refractivity contribution in [3.05, 3.63) is 113 Å². The molecule has 1 aromatic heterocycles. The fraction of sp³-hybridized carbons (Fsp3) is 0.233. The highest BCUT2D eigenvalue weighted by molar-refractivity contribution is 7.84. The highest BCUT2D eigenvalue weighted by atomic mass is 32.2. The Hall–Kier alpha value is -4.34. The van der Waals surface area contributed by atoms with Crippen LogP contribution in [0.4, 0.5) is 23.2 Å². The zero-order valence-corrected chi connectivity index (χ0v) is 23.7. The van der Waals surface area contributed by atoms with E-state index in [1.807, 2.05) is 57.2 Å². The average molecular weight is 598 g/mol. The number of carbonyl (C=O) groups is 1. The highest BCUT2D eigenvalue weighted by Crippen LogP contribution is 2.31. The molecular formula is C30H27F4N5O2S. The molecule has 42 heavy (non-hydrogen) atoms. The van der Waals surface area contributed by atoms with Crippen LogP contribution in [0, 0.1) is 17.1 Å². The SMILES string of the molecule is CC(C)(C)[S@@](=O)NC(Cc1ccc(F)c(NC(=O)c2cc(C(F)(F)F)nn2-c2cccc(C#N)c2)c1)c1ccccc1. The van der Waals surface area contributed by atoms with Crippen LogP contribution in [0.3, 0.4) is 0 Å². The number of rotatable bonds is 8. The molecule has 0 bridgehead atoms. The summed E-state index contributed by atoms with van der Waals surface area (Å²) in [7, 11) is -1.43. The number of amides is 1. The van der Waals surface area contributed by atoms with Crippen molar-refractivity contribution in [1.29, 1.82) is 5.26 Å². The van der Waals surface area contributed by atoms with Crippen LogP contribution in [0.2, 0.25) is 0 Å². The quantitative estimate of drug-likeness (QED) is 0.227. The predicted molar refractivity (Wildman–Crippen MR) is 152 cm³/mol. The molecule has 0 aliphatic heterocycles. The fourth-order valence-electron chi connectivity index (χ4n) is 4.02. The van der Waals surface area contributed by atoms with Gasteiger partial charge >= 0.3 is 6.18 Å². The standard InChI is InChI=1S/C30H27F4N5O2S/c1-29(2,3)42(41)38-24(21-9-5-4-6-10-21)15-19-12-13-23(31)25(16-19)36-28(40)26-17-27(30(32,33)34)37-39(26)22-11-7-8-20(14-22)18-35/h4-14,16-17,24,38H,15H2,1-3H3,(H,36,40)/t24?,42-/m1/s1. The van der Waals surface area contributed by atoms with Crippen molar-refractivity contribution in [2.24, 2.45) is 0 Å². The van der Waals surface area contributed by atoms with Gasteiger partial charge in [0.05, 0.1) is 38.7 Å². The van der Waals surface area contributed by atoms with Gasteiger partial charge in [-0.05, 0) is 68.7 Å². The number of nitriles is 1. The first-order valence-electron chi connectivity index (χ1n) is 12.8. The lowest BCUT2D eigenvalue weighted by atomic mass is 9.99. The highest BCUT2D eigenvalue weighted by Gasteiger charge is 2.36. The van der Waals surface area contributed by atoms with Crippen LogP contribution in [0.5, 0.6) is 0 Å². The predicted octanol–water partition coefficient (Wildman–Crippen LogP) is 6.49. The van der Waals surface area contributed by atoms with Crippen molar-refractivity contribution in [2.75, 3.05) is 5.32 Å². The van der Waals surface area contributed by atoms with E-state index in [4.69, 9.17) is 0 Å². The number of alkyl halides is 3.